The summed E-state index contributed by atoms with van der Waals surface area (Å²) in [5.74, 6) is -4.70. The Labute approximate surface area is 107 Å². The largest absolute Gasteiger partial charge is 0.456 e. The Morgan fingerprint density at radius 3 is 2.78 bits per heavy atom. The third-order valence-corrected chi connectivity index (χ3v) is 3.41. The molecule has 106 valence electrons. The van der Waals surface area contributed by atoms with Crippen molar-refractivity contribution < 1.29 is 18.3 Å². The number of nitrogens with one attached hydrogen (secondary N) is 1. The van der Waals surface area contributed by atoms with Gasteiger partial charge in [0, 0.05) is 25.7 Å². The summed E-state index contributed by atoms with van der Waals surface area (Å²) in [5.41, 5.74) is 0. The Hall–Kier alpha value is -0.750. The second-order valence-corrected chi connectivity index (χ2v) is 4.88. The summed E-state index contributed by atoms with van der Waals surface area (Å²) >= 11 is 0. The van der Waals surface area contributed by atoms with E-state index in [-0.39, 0.29) is 6.54 Å². The third-order valence-electron chi connectivity index (χ3n) is 3.41. The highest BCUT2D eigenvalue weighted by atomic mass is 19.3. The van der Waals surface area contributed by atoms with Crippen LogP contribution in [0.1, 0.15) is 26.7 Å². The number of alkyl halides is 2. The average molecular weight is 264 g/mol. The van der Waals surface area contributed by atoms with E-state index in [1.54, 1.807) is 0 Å². The highest BCUT2D eigenvalue weighted by Gasteiger charge is 2.50. The molecule has 1 fully saturated rings. The number of halogens is 2. The molecule has 0 radical (unpaired) electrons. The van der Waals surface area contributed by atoms with Gasteiger partial charge in [0.1, 0.15) is 6.10 Å². The molecule has 0 saturated carbocycles. The molecule has 18 heavy (non-hydrogen) atoms. The first-order valence-corrected chi connectivity index (χ1v) is 6.36. The number of hydrogen-bond donors (Lipinski definition) is 1. The van der Waals surface area contributed by atoms with Gasteiger partial charge in [-0.15, -0.1) is 0 Å². The first-order valence-electron chi connectivity index (χ1n) is 6.36. The molecule has 1 aliphatic rings. The molecule has 4 nitrogen and oxygen atoms in total. The van der Waals surface area contributed by atoms with Gasteiger partial charge in [-0.25, -0.2) is 4.79 Å². The average Bonchev–Trinajstić information content (AvgIpc) is 2.57. The summed E-state index contributed by atoms with van der Waals surface area (Å²) in [7, 11) is 2.03. The van der Waals surface area contributed by atoms with Crippen molar-refractivity contribution >= 4 is 5.97 Å². The van der Waals surface area contributed by atoms with Crippen molar-refractivity contribution in [2.24, 2.45) is 0 Å². The predicted octanol–water partition coefficient (Wildman–Crippen LogP) is 1.26. The van der Waals surface area contributed by atoms with Crippen molar-refractivity contribution in [3.8, 4) is 0 Å². The summed E-state index contributed by atoms with van der Waals surface area (Å²) in [4.78, 5) is 13.0. The van der Waals surface area contributed by atoms with Crippen LogP contribution in [0.15, 0.2) is 0 Å². The maximum Gasteiger partial charge on any atom is 0.377 e. The molecule has 2 atom stereocenters. The third kappa shape index (κ3) is 4.17. The van der Waals surface area contributed by atoms with Crippen LogP contribution in [0.2, 0.25) is 0 Å². The Kier molecular flexibility index (Phi) is 5.47. The minimum atomic E-state index is -3.31. The molecule has 6 heteroatoms. The molecule has 0 aromatic heterocycles. The Balaban J connectivity index is 2.15. The van der Waals surface area contributed by atoms with Crippen LogP contribution in [0, 0.1) is 0 Å². The number of nitrogens with zero attached hydrogens (tertiary/aromatic N) is 1. The van der Waals surface area contributed by atoms with Crippen LogP contribution >= 0.6 is 0 Å². The van der Waals surface area contributed by atoms with E-state index in [9.17, 15) is 13.6 Å². The molecule has 1 saturated heterocycles. The maximum atomic E-state index is 12.9. The second-order valence-electron chi connectivity index (χ2n) is 4.88. The smallest absolute Gasteiger partial charge is 0.377 e. The summed E-state index contributed by atoms with van der Waals surface area (Å²) < 4.78 is 30.3. The monoisotopic (exact) mass is 264 g/mol. The van der Waals surface area contributed by atoms with E-state index in [0.29, 0.717) is 12.6 Å². The fourth-order valence-electron chi connectivity index (χ4n) is 1.81. The maximum absolute atomic E-state index is 12.9. The van der Waals surface area contributed by atoms with Crippen LogP contribution in [0.4, 0.5) is 8.78 Å². The molecule has 0 aromatic rings. The zero-order chi connectivity index (χ0) is 13.8. The summed E-state index contributed by atoms with van der Waals surface area (Å²) in [6.07, 6.45) is -0.149. The van der Waals surface area contributed by atoms with Gasteiger partial charge in [0.05, 0.1) is 6.42 Å². The lowest BCUT2D eigenvalue weighted by molar-refractivity contribution is -0.159. The first kappa shape index (κ1) is 15.3. The van der Waals surface area contributed by atoms with Gasteiger partial charge >= 0.3 is 11.9 Å². The quantitative estimate of drug-likeness (QED) is 0.555. The highest BCUT2D eigenvalue weighted by Crippen LogP contribution is 2.30. The molecule has 1 heterocycles. The van der Waals surface area contributed by atoms with E-state index in [0.717, 1.165) is 13.0 Å². The Morgan fingerprint density at radius 2 is 2.28 bits per heavy atom. The van der Waals surface area contributed by atoms with E-state index in [2.05, 4.69) is 28.8 Å². The van der Waals surface area contributed by atoms with Crippen molar-refractivity contribution in [2.75, 3.05) is 26.7 Å². The lowest BCUT2D eigenvalue weighted by Crippen LogP contribution is -2.37. The van der Waals surface area contributed by atoms with Crippen LogP contribution < -0.4 is 5.32 Å². The van der Waals surface area contributed by atoms with Gasteiger partial charge in [0.25, 0.3) is 0 Å². The minimum Gasteiger partial charge on any atom is -0.456 e. The number of cyclic esters (lactones) is 1. The molecule has 0 spiro atoms. The van der Waals surface area contributed by atoms with Crippen LogP contribution in [-0.2, 0) is 9.53 Å². The SMILES string of the molecule is CCC(C)N(C)CCNCC1CC(F)(F)C(=O)O1. The van der Waals surface area contributed by atoms with Gasteiger partial charge in [-0.05, 0) is 20.4 Å². The first-order chi connectivity index (χ1) is 8.36. The molecule has 0 aliphatic carbocycles. The Bertz CT molecular complexity index is 287. The molecule has 1 N–H and O–H groups in total. The van der Waals surface area contributed by atoms with Crippen molar-refractivity contribution in [3.63, 3.8) is 0 Å². The van der Waals surface area contributed by atoms with Crippen molar-refractivity contribution in [1.29, 1.82) is 0 Å². The zero-order valence-electron chi connectivity index (χ0n) is 11.2. The molecule has 0 bridgehead atoms. The fourth-order valence-corrected chi connectivity index (χ4v) is 1.81. The van der Waals surface area contributed by atoms with Gasteiger partial charge in [0.2, 0.25) is 0 Å². The molecule has 0 amide bonds. The molecule has 1 rings (SSSR count). The highest BCUT2D eigenvalue weighted by molar-refractivity contribution is 5.79. The number of likely N-dealkylation sites (N-methyl/N-ethyl adjacent to an activating group) is 1. The van der Waals surface area contributed by atoms with E-state index >= 15 is 0 Å². The van der Waals surface area contributed by atoms with Gasteiger partial charge in [0.15, 0.2) is 0 Å². The van der Waals surface area contributed by atoms with Gasteiger partial charge in [-0.2, -0.15) is 8.78 Å². The number of carbonyl (C=O) groups excluding carboxylic acids is 1. The Morgan fingerprint density at radius 1 is 1.61 bits per heavy atom. The van der Waals surface area contributed by atoms with Crippen molar-refractivity contribution in [2.45, 2.75) is 44.8 Å². The normalized spacial score (nSPS) is 24.3. The number of esters is 1. The van der Waals surface area contributed by atoms with E-state index < -0.39 is 24.4 Å². The van der Waals surface area contributed by atoms with Crippen LogP contribution in [0.3, 0.4) is 0 Å². The lowest BCUT2D eigenvalue weighted by Gasteiger charge is -2.23. The van der Waals surface area contributed by atoms with E-state index in [1.165, 1.54) is 0 Å². The van der Waals surface area contributed by atoms with Crippen LogP contribution in [0.25, 0.3) is 0 Å². The molecular weight excluding hydrogens is 242 g/mol. The minimum absolute atomic E-state index is 0.287. The number of carbonyl (C=O) groups is 1. The molecule has 0 aromatic carbocycles. The number of rotatable bonds is 7. The predicted molar refractivity (Wildman–Crippen MR) is 64.7 cm³/mol. The zero-order valence-corrected chi connectivity index (χ0v) is 11.2. The standard InChI is InChI=1S/C12H22F2N2O2/c1-4-9(2)16(3)6-5-15-8-10-7-12(13,14)11(17)18-10/h9-10,15H,4-8H2,1-3H3. The van der Waals surface area contributed by atoms with Gasteiger partial charge < -0.3 is 15.0 Å². The van der Waals surface area contributed by atoms with Crippen LogP contribution in [0.5, 0.6) is 0 Å². The molecule has 2 unspecified atom stereocenters. The summed E-state index contributed by atoms with van der Waals surface area (Å²) in [6, 6.07) is 0.500. The summed E-state index contributed by atoms with van der Waals surface area (Å²) in [5, 5.41) is 3.04. The van der Waals surface area contributed by atoms with E-state index in [1.807, 2.05) is 7.05 Å². The van der Waals surface area contributed by atoms with Gasteiger partial charge in [-0.1, -0.05) is 6.92 Å². The topological polar surface area (TPSA) is 41.6 Å². The number of hydrogen-bond acceptors (Lipinski definition) is 4. The number of ether oxygens (including phenoxy) is 1. The van der Waals surface area contributed by atoms with E-state index in [4.69, 9.17) is 0 Å². The second kappa shape index (κ2) is 6.43. The van der Waals surface area contributed by atoms with Crippen molar-refractivity contribution in [3.05, 3.63) is 0 Å². The van der Waals surface area contributed by atoms with Gasteiger partial charge in [-0.3, -0.25) is 0 Å². The lowest BCUT2D eigenvalue weighted by atomic mass is 10.2. The molecule has 1 aliphatic heterocycles. The summed E-state index contributed by atoms with van der Waals surface area (Å²) in [6.45, 7) is 6.08. The fraction of sp³-hybridized carbons (Fsp3) is 0.917. The van der Waals surface area contributed by atoms with Crippen molar-refractivity contribution in [1.82, 2.24) is 10.2 Å². The molecular formula is C12H22F2N2O2. The van der Waals surface area contributed by atoms with Crippen LogP contribution in [-0.4, -0.2) is 55.6 Å².